The Morgan fingerprint density at radius 3 is 2.90 bits per heavy atom. The lowest BCUT2D eigenvalue weighted by Crippen LogP contribution is -2.51. The van der Waals surface area contributed by atoms with E-state index in [1.165, 1.54) is 32.2 Å². The summed E-state index contributed by atoms with van der Waals surface area (Å²) in [5, 5.41) is 6.76. The molecule has 122 valence electrons. The predicted molar refractivity (Wildman–Crippen MR) is 96.5 cm³/mol. The number of hydrogen-bond acceptors (Lipinski definition) is 3. The third kappa shape index (κ3) is 5.25. The number of guanidine groups is 1. The molecule has 6 heteroatoms. The molecule has 2 unspecified atom stereocenters. The van der Waals surface area contributed by atoms with Crippen molar-refractivity contribution >= 4 is 29.9 Å². The number of aliphatic imine (C=N–C) groups is 1. The highest BCUT2D eigenvalue weighted by molar-refractivity contribution is 14.0. The summed E-state index contributed by atoms with van der Waals surface area (Å²) in [6.07, 6.45) is 5.65. The standard InChI is InChI=1S/C15H28N4O.HI/c1-2-16-15(17-8-12-5-6-12)18-9-14-10-19-7-3-4-13(19)11-20-14;/h12-14H,2-11H2,1H3,(H2,16,17,18);1H. The lowest BCUT2D eigenvalue weighted by Gasteiger charge is -2.35. The molecule has 2 atom stereocenters. The van der Waals surface area contributed by atoms with Crippen LogP contribution in [0, 0.1) is 5.92 Å². The number of nitrogens with one attached hydrogen (secondary N) is 2. The Bertz CT molecular complexity index is 349. The number of nitrogens with zero attached hydrogens (tertiary/aromatic N) is 2. The number of ether oxygens (including phenoxy) is 1. The van der Waals surface area contributed by atoms with Gasteiger partial charge in [0.2, 0.25) is 0 Å². The summed E-state index contributed by atoms with van der Waals surface area (Å²) in [6, 6.07) is 0.683. The lowest BCUT2D eigenvalue weighted by molar-refractivity contribution is -0.0453. The molecule has 0 aromatic carbocycles. The minimum atomic E-state index is 0. The molecule has 2 saturated heterocycles. The van der Waals surface area contributed by atoms with Gasteiger partial charge < -0.3 is 15.4 Å². The van der Waals surface area contributed by atoms with Crippen molar-refractivity contribution in [3.05, 3.63) is 0 Å². The van der Waals surface area contributed by atoms with E-state index in [4.69, 9.17) is 4.74 Å². The molecule has 2 heterocycles. The normalized spacial score (nSPS) is 29.7. The minimum absolute atomic E-state index is 0. The van der Waals surface area contributed by atoms with Crippen molar-refractivity contribution in [3.8, 4) is 0 Å². The molecule has 5 nitrogen and oxygen atoms in total. The molecule has 1 aliphatic carbocycles. The van der Waals surface area contributed by atoms with Gasteiger partial charge in [0.05, 0.1) is 12.7 Å². The first-order valence-electron chi connectivity index (χ1n) is 8.23. The van der Waals surface area contributed by atoms with Crippen LogP contribution in [0.25, 0.3) is 0 Å². The summed E-state index contributed by atoms with van der Waals surface area (Å²) in [5.41, 5.74) is 0. The first-order valence-corrected chi connectivity index (χ1v) is 8.23. The van der Waals surface area contributed by atoms with Crippen LogP contribution < -0.4 is 10.6 Å². The average molecular weight is 408 g/mol. The average Bonchev–Trinajstić information content (AvgIpc) is 3.17. The molecule has 3 fully saturated rings. The second-order valence-electron chi connectivity index (χ2n) is 6.29. The topological polar surface area (TPSA) is 48.9 Å². The monoisotopic (exact) mass is 408 g/mol. The van der Waals surface area contributed by atoms with Gasteiger partial charge in [0.15, 0.2) is 5.96 Å². The van der Waals surface area contributed by atoms with E-state index in [0.29, 0.717) is 12.1 Å². The predicted octanol–water partition coefficient (Wildman–Crippen LogP) is 1.43. The van der Waals surface area contributed by atoms with Gasteiger partial charge in [-0.2, -0.15) is 0 Å². The molecule has 1 saturated carbocycles. The van der Waals surface area contributed by atoms with E-state index in [2.05, 4.69) is 27.4 Å². The zero-order valence-electron chi connectivity index (χ0n) is 13.0. The van der Waals surface area contributed by atoms with Crippen LogP contribution >= 0.6 is 24.0 Å². The lowest BCUT2D eigenvalue weighted by atomic mass is 10.2. The Kier molecular flexibility index (Phi) is 7.01. The second-order valence-corrected chi connectivity index (χ2v) is 6.29. The third-order valence-corrected chi connectivity index (χ3v) is 4.51. The molecule has 0 amide bonds. The third-order valence-electron chi connectivity index (χ3n) is 4.51. The first-order chi connectivity index (χ1) is 9.85. The van der Waals surface area contributed by atoms with Crippen LogP contribution in [0.4, 0.5) is 0 Å². The molecule has 2 N–H and O–H groups in total. The molecule has 3 rings (SSSR count). The van der Waals surface area contributed by atoms with Crippen LogP contribution in [-0.2, 0) is 4.74 Å². The Balaban J connectivity index is 0.00000161. The largest absolute Gasteiger partial charge is 0.373 e. The van der Waals surface area contributed by atoms with Gasteiger partial charge in [-0.25, -0.2) is 0 Å². The van der Waals surface area contributed by atoms with Crippen molar-refractivity contribution in [3.63, 3.8) is 0 Å². The SMILES string of the molecule is CCNC(=NCC1CC1)NCC1CN2CCCC2CO1.I. The van der Waals surface area contributed by atoms with Crippen LogP contribution in [0.3, 0.4) is 0 Å². The van der Waals surface area contributed by atoms with Gasteiger partial charge in [0.1, 0.15) is 0 Å². The van der Waals surface area contributed by atoms with E-state index in [-0.39, 0.29) is 24.0 Å². The maximum Gasteiger partial charge on any atom is 0.191 e. The van der Waals surface area contributed by atoms with Crippen LogP contribution in [0.1, 0.15) is 32.6 Å². The maximum absolute atomic E-state index is 5.97. The quantitative estimate of drug-likeness (QED) is 0.411. The molecule has 0 aromatic heterocycles. The van der Waals surface area contributed by atoms with Crippen molar-refractivity contribution in [2.24, 2.45) is 10.9 Å². The fraction of sp³-hybridized carbons (Fsp3) is 0.933. The highest BCUT2D eigenvalue weighted by Gasteiger charge is 2.32. The molecule has 0 bridgehead atoms. The molecule has 2 aliphatic heterocycles. The molecular weight excluding hydrogens is 379 g/mol. The zero-order chi connectivity index (χ0) is 13.8. The second kappa shape index (κ2) is 8.53. The van der Waals surface area contributed by atoms with Gasteiger partial charge in [-0.05, 0) is 45.1 Å². The Labute approximate surface area is 145 Å². The smallest absolute Gasteiger partial charge is 0.191 e. The van der Waals surface area contributed by atoms with E-state index in [1.54, 1.807) is 0 Å². The van der Waals surface area contributed by atoms with E-state index >= 15 is 0 Å². The van der Waals surface area contributed by atoms with E-state index < -0.39 is 0 Å². The number of halogens is 1. The molecule has 0 spiro atoms. The highest BCUT2D eigenvalue weighted by atomic mass is 127. The van der Waals surface area contributed by atoms with Gasteiger partial charge >= 0.3 is 0 Å². The summed E-state index contributed by atoms with van der Waals surface area (Å²) in [6.45, 7) is 8.08. The fourth-order valence-electron chi connectivity index (χ4n) is 3.08. The maximum atomic E-state index is 5.97. The van der Waals surface area contributed by atoms with Gasteiger partial charge in [0.25, 0.3) is 0 Å². The number of morpholine rings is 1. The van der Waals surface area contributed by atoms with Crippen LogP contribution in [0.5, 0.6) is 0 Å². The number of rotatable bonds is 5. The van der Waals surface area contributed by atoms with Crippen molar-refractivity contribution in [1.82, 2.24) is 15.5 Å². The highest BCUT2D eigenvalue weighted by Crippen LogP contribution is 2.28. The minimum Gasteiger partial charge on any atom is -0.373 e. The van der Waals surface area contributed by atoms with Gasteiger partial charge in [-0.15, -0.1) is 24.0 Å². The van der Waals surface area contributed by atoms with E-state index in [9.17, 15) is 0 Å². The molecule has 21 heavy (non-hydrogen) atoms. The van der Waals surface area contributed by atoms with E-state index in [0.717, 1.165) is 44.7 Å². The Morgan fingerprint density at radius 1 is 1.29 bits per heavy atom. The van der Waals surface area contributed by atoms with Crippen LogP contribution in [0.15, 0.2) is 4.99 Å². The van der Waals surface area contributed by atoms with Gasteiger partial charge in [0, 0.05) is 32.2 Å². The van der Waals surface area contributed by atoms with Crippen molar-refractivity contribution in [2.45, 2.75) is 44.8 Å². The molecule has 3 aliphatic rings. The van der Waals surface area contributed by atoms with Crippen molar-refractivity contribution in [2.75, 3.05) is 39.3 Å². The van der Waals surface area contributed by atoms with Gasteiger partial charge in [-0.1, -0.05) is 0 Å². The summed E-state index contributed by atoms with van der Waals surface area (Å²) >= 11 is 0. The molecular formula is C15H29IN4O. The molecule has 0 radical (unpaired) electrons. The van der Waals surface area contributed by atoms with Gasteiger partial charge in [-0.3, -0.25) is 9.89 Å². The fourth-order valence-corrected chi connectivity index (χ4v) is 3.08. The molecule has 0 aromatic rings. The Hall–Kier alpha value is -0.0800. The van der Waals surface area contributed by atoms with E-state index in [1.807, 2.05) is 0 Å². The van der Waals surface area contributed by atoms with Crippen molar-refractivity contribution < 1.29 is 4.74 Å². The van der Waals surface area contributed by atoms with Crippen molar-refractivity contribution in [1.29, 1.82) is 0 Å². The summed E-state index contributed by atoms with van der Waals surface area (Å²) in [4.78, 5) is 7.24. The van der Waals surface area contributed by atoms with Crippen LogP contribution in [0.2, 0.25) is 0 Å². The van der Waals surface area contributed by atoms with Crippen LogP contribution in [-0.4, -0.2) is 62.3 Å². The number of hydrogen-bond donors (Lipinski definition) is 2. The summed E-state index contributed by atoms with van der Waals surface area (Å²) in [5.74, 6) is 1.79. The first kappa shape index (κ1) is 17.3. The Morgan fingerprint density at radius 2 is 2.14 bits per heavy atom. The summed E-state index contributed by atoms with van der Waals surface area (Å²) < 4.78 is 5.97. The number of fused-ring (bicyclic) bond motifs is 1. The summed E-state index contributed by atoms with van der Waals surface area (Å²) in [7, 11) is 0. The zero-order valence-corrected chi connectivity index (χ0v) is 15.3.